The molecule has 0 spiro atoms. The fourth-order valence-electron chi connectivity index (χ4n) is 0.739. The number of alkyl halides is 6. The summed E-state index contributed by atoms with van der Waals surface area (Å²) in [5.41, 5.74) is 0. The van der Waals surface area contributed by atoms with Gasteiger partial charge in [0.15, 0.2) is 18.5 Å². The van der Waals surface area contributed by atoms with Gasteiger partial charge < -0.3 is 0 Å². The molecular weight excluding hydrogens is 198 g/mol. The maximum absolute atomic E-state index is 12.5. The second-order valence-electron chi connectivity index (χ2n) is 2.59. The van der Waals surface area contributed by atoms with Crippen molar-refractivity contribution in [1.82, 2.24) is 0 Å². The molecule has 0 bridgehead atoms. The molecule has 0 saturated carbocycles. The number of halogens is 6. The molecule has 4 atom stereocenters. The fraction of sp³-hybridized carbons (Fsp3) is 1.00. The highest BCUT2D eigenvalue weighted by Crippen LogP contribution is 2.22. The highest BCUT2D eigenvalue weighted by Gasteiger charge is 2.39. The Hall–Kier alpha value is -0.420. The van der Waals surface area contributed by atoms with Gasteiger partial charge in [-0.3, -0.25) is 0 Å². The molecular formula is C7H10F6. The first kappa shape index (κ1) is 12.6. The summed E-state index contributed by atoms with van der Waals surface area (Å²) >= 11 is 0. The minimum atomic E-state index is -3.63. The third-order valence-corrected chi connectivity index (χ3v) is 1.58. The molecule has 80 valence electrons. The van der Waals surface area contributed by atoms with E-state index in [1.54, 1.807) is 0 Å². The summed E-state index contributed by atoms with van der Waals surface area (Å²) in [6.45, 7) is 1.21. The van der Waals surface area contributed by atoms with Crippen molar-refractivity contribution in [1.29, 1.82) is 0 Å². The first-order valence-corrected chi connectivity index (χ1v) is 3.76. The van der Waals surface area contributed by atoms with Crippen molar-refractivity contribution in [2.45, 2.75) is 44.5 Å². The van der Waals surface area contributed by atoms with Gasteiger partial charge >= 0.3 is 0 Å². The molecule has 0 aromatic carbocycles. The van der Waals surface area contributed by atoms with Gasteiger partial charge in [-0.25, -0.2) is 26.3 Å². The van der Waals surface area contributed by atoms with Crippen LogP contribution in [0, 0.1) is 0 Å². The van der Waals surface area contributed by atoms with Crippen LogP contribution in [0.3, 0.4) is 0 Å². The first-order valence-electron chi connectivity index (χ1n) is 3.76. The van der Waals surface area contributed by atoms with Crippen molar-refractivity contribution in [3.8, 4) is 0 Å². The second kappa shape index (κ2) is 5.34. The molecule has 0 aliphatic rings. The molecule has 0 N–H and O–H groups in total. The van der Waals surface area contributed by atoms with Crippen molar-refractivity contribution in [2.24, 2.45) is 0 Å². The van der Waals surface area contributed by atoms with Crippen LogP contribution in [0.2, 0.25) is 0 Å². The van der Waals surface area contributed by atoms with Gasteiger partial charge in [0.1, 0.15) is 6.17 Å². The predicted octanol–water partition coefficient (Wildman–Crippen LogP) is 3.01. The fourth-order valence-corrected chi connectivity index (χ4v) is 0.739. The van der Waals surface area contributed by atoms with Crippen molar-refractivity contribution < 1.29 is 26.3 Å². The van der Waals surface area contributed by atoms with Crippen LogP contribution in [0.1, 0.15) is 13.3 Å². The van der Waals surface area contributed by atoms with Crippen LogP contribution in [-0.4, -0.2) is 31.1 Å². The smallest absolute Gasteiger partial charge is 0.244 e. The summed E-state index contributed by atoms with van der Waals surface area (Å²) in [6, 6.07) is 0. The van der Waals surface area contributed by atoms with E-state index in [0.717, 1.165) is 0 Å². The van der Waals surface area contributed by atoms with Crippen LogP contribution in [0.25, 0.3) is 0 Å². The Kier molecular flexibility index (Phi) is 5.17. The van der Waals surface area contributed by atoms with Gasteiger partial charge in [-0.05, 0) is 6.42 Å². The highest BCUT2D eigenvalue weighted by molar-refractivity contribution is 4.82. The zero-order valence-corrected chi connectivity index (χ0v) is 6.86. The zero-order chi connectivity index (χ0) is 10.6. The summed E-state index contributed by atoms with van der Waals surface area (Å²) in [7, 11) is 0. The Bertz CT molecular complexity index is 139. The predicted molar refractivity (Wildman–Crippen MR) is 35.9 cm³/mol. The van der Waals surface area contributed by atoms with E-state index >= 15 is 0 Å². The lowest BCUT2D eigenvalue weighted by molar-refractivity contribution is -0.0400. The summed E-state index contributed by atoms with van der Waals surface area (Å²) in [5, 5.41) is 0. The SMILES string of the molecule is CCC(F)C(F)C(F)[C@H](F)C(F)F. The molecule has 0 saturated heterocycles. The van der Waals surface area contributed by atoms with Gasteiger partial charge in [-0.1, -0.05) is 6.92 Å². The zero-order valence-electron chi connectivity index (χ0n) is 6.86. The Balaban J connectivity index is 4.15. The van der Waals surface area contributed by atoms with Crippen molar-refractivity contribution >= 4 is 0 Å². The van der Waals surface area contributed by atoms with E-state index in [4.69, 9.17) is 0 Å². The van der Waals surface area contributed by atoms with Crippen LogP contribution < -0.4 is 0 Å². The summed E-state index contributed by atoms with van der Waals surface area (Å²) in [6.07, 6.45) is -15.4. The standard InChI is InChI=1S/C7H10F6/c1-2-3(8)4(9)5(10)6(11)7(12)13/h3-7H,2H2,1H3/t3?,4?,5?,6-/m0/s1. The third-order valence-electron chi connectivity index (χ3n) is 1.58. The Morgan fingerprint density at radius 1 is 0.769 bits per heavy atom. The third kappa shape index (κ3) is 3.44. The average Bonchev–Trinajstić information content (AvgIpc) is 2.12. The van der Waals surface area contributed by atoms with E-state index in [-0.39, 0.29) is 6.42 Å². The Morgan fingerprint density at radius 2 is 1.23 bits per heavy atom. The van der Waals surface area contributed by atoms with Crippen LogP contribution in [0.4, 0.5) is 26.3 Å². The van der Waals surface area contributed by atoms with E-state index in [1.165, 1.54) is 6.92 Å². The lowest BCUT2D eigenvalue weighted by Gasteiger charge is -2.18. The van der Waals surface area contributed by atoms with Crippen LogP contribution in [0.15, 0.2) is 0 Å². The molecule has 6 heteroatoms. The molecule has 0 aliphatic carbocycles. The molecule has 0 rings (SSSR count). The lowest BCUT2D eigenvalue weighted by atomic mass is 10.1. The highest BCUT2D eigenvalue weighted by atomic mass is 19.3. The topological polar surface area (TPSA) is 0 Å². The maximum Gasteiger partial charge on any atom is 0.272 e. The number of rotatable bonds is 5. The van der Waals surface area contributed by atoms with E-state index in [2.05, 4.69) is 0 Å². The normalized spacial score (nSPS) is 21.2. The summed E-state index contributed by atoms with van der Waals surface area (Å²) in [4.78, 5) is 0. The van der Waals surface area contributed by atoms with Crippen LogP contribution in [-0.2, 0) is 0 Å². The molecule has 0 aromatic rings. The van der Waals surface area contributed by atoms with Gasteiger partial charge in [0.2, 0.25) is 0 Å². The molecule has 0 aromatic heterocycles. The van der Waals surface area contributed by atoms with Crippen molar-refractivity contribution in [2.75, 3.05) is 0 Å². The van der Waals surface area contributed by atoms with Gasteiger partial charge in [0, 0.05) is 0 Å². The summed E-state index contributed by atoms with van der Waals surface area (Å²) < 4.78 is 72.4. The molecule has 3 unspecified atom stereocenters. The van der Waals surface area contributed by atoms with Crippen LogP contribution >= 0.6 is 0 Å². The lowest BCUT2D eigenvalue weighted by Crippen LogP contribution is -2.38. The van der Waals surface area contributed by atoms with Crippen molar-refractivity contribution in [3.05, 3.63) is 0 Å². The van der Waals surface area contributed by atoms with Gasteiger partial charge in [0.05, 0.1) is 0 Å². The van der Waals surface area contributed by atoms with E-state index in [9.17, 15) is 26.3 Å². The molecule has 0 aliphatic heterocycles. The molecule has 0 fully saturated rings. The molecule has 0 amide bonds. The average molecular weight is 208 g/mol. The number of hydrogen-bond acceptors (Lipinski definition) is 0. The van der Waals surface area contributed by atoms with Gasteiger partial charge in [-0.15, -0.1) is 0 Å². The molecule has 0 heterocycles. The second-order valence-corrected chi connectivity index (χ2v) is 2.59. The monoisotopic (exact) mass is 208 g/mol. The van der Waals surface area contributed by atoms with Gasteiger partial charge in [-0.2, -0.15) is 0 Å². The minimum absolute atomic E-state index is 0.377. The number of hydrogen-bond donors (Lipinski definition) is 0. The van der Waals surface area contributed by atoms with E-state index in [1.807, 2.05) is 0 Å². The molecule has 0 radical (unpaired) electrons. The largest absolute Gasteiger partial charge is 0.272 e. The minimum Gasteiger partial charge on any atom is -0.244 e. The first-order chi connectivity index (χ1) is 5.91. The van der Waals surface area contributed by atoms with Gasteiger partial charge in [0.25, 0.3) is 6.43 Å². The Morgan fingerprint density at radius 3 is 1.54 bits per heavy atom. The molecule has 0 nitrogen and oxygen atoms in total. The maximum atomic E-state index is 12.5. The van der Waals surface area contributed by atoms with E-state index in [0.29, 0.717) is 0 Å². The Labute approximate surface area is 71.9 Å². The van der Waals surface area contributed by atoms with E-state index < -0.39 is 31.1 Å². The summed E-state index contributed by atoms with van der Waals surface area (Å²) in [5.74, 6) is 0. The molecule has 13 heavy (non-hydrogen) atoms. The quantitative estimate of drug-likeness (QED) is 0.609. The van der Waals surface area contributed by atoms with Crippen molar-refractivity contribution in [3.63, 3.8) is 0 Å². The van der Waals surface area contributed by atoms with Crippen LogP contribution in [0.5, 0.6) is 0 Å².